The predicted molar refractivity (Wildman–Crippen MR) is 68.4 cm³/mol. The number of nitro groups is 1. The van der Waals surface area contributed by atoms with E-state index >= 15 is 0 Å². The Bertz CT molecular complexity index is 523. The van der Waals surface area contributed by atoms with Crippen molar-refractivity contribution in [3.05, 3.63) is 31.2 Å². The number of hydrogen-bond acceptors (Lipinski definition) is 4. The number of thiol groups is 1. The average molecular weight is 337 g/mol. The lowest BCUT2D eigenvalue weighted by molar-refractivity contribution is -0.383. The summed E-state index contributed by atoms with van der Waals surface area (Å²) in [7, 11) is 0. The van der Waals surface area contributed by atoms with E-state index in [2.05, 4.69) is 12.6 Å². The number of hydrogen-bond donors (Lipinski definition) is 1. The Morgan fingerprint density at radius 2 is 2.21 bits per heavy atom. The number of benzene rings is 1. The molecule has 1 heterocycles. The molecule has 0 bridgehead atoms. The van der Waals surface area contributed by atoms with E-state index in [4.69, 9.17) is 0 Å². The van der Waals surface area contributed by atoms with Gasteiger partial charge in [-0.2, -0.15) is 0 Å². The van der Waals surface area contributed by atoms with Gasteiger partial charge in [-0.25, -0.2) is 0 Å². The molecule has 0 aliphatic carbocycles. The summed E-state index contributed by atoms with van der Waals surface area (Å²) in [5.74, 6) is 0. The van der Waals surface area contributed by atoms with E-state index < -0.39 is 0 Å². The van der Waals surface area contributed by atoms with Gasteiger partial charge in [-0.15, -0.1) is 24.0 Å². The Balaban J connectivity index is 2.86. The molecule has 0 amide bonds. The van der Waals surface area contributed by atoms with Crippen molar-refractivity contribution in [2.24, 2.45) is 0 Å². The lowest BCUT2D eigenvalue weighted by atomic mass is 10.2. The molecule has 0 atom stereocenters. The lowest BCUT2D eigenvalue weighted by Gasteiger charge is -1.91. The maximum absolute atomic E-state index is 10.8. The predicted octanol–water partition coefficient (Wildman–Crippen LogP) is 3.70. The zero-order chi connectivity index (χ0) is 10.3. The summed E-state index contributed by atoms with van der Waals surface area (Å²) in [6, 6.07) is 5.43. The third-order valence-corrected chi connectivity index (χ3v) is 4.18. The van der Waals surface area contributed by atoms with Crippen LogP contribution < -0.4 is 0 Å². The highest BCUT2D eigenvalue weighted by molar-refractivity contribution is 14.1. The number of halogens is 1. The first-order valence-electron chi connectivity index (χ1n) is 3.65. The molecule has 14 heavy (non-hydrogen) atoms. The van der Waals surface area contributed by atoms with Crippen molar-refractivity contribution < 1.29 is 4.92 Å². The molecule has 6 heteroatoms. The zero-order valence-electron chi connectivity index (χ0n) is 6.73. The third kappa shape index (κ3) is 1.61. The van der Waals surface area contributed by atoms with E-state index in [0.717, 1.165) is 9.60 Å². The Hall–Kier alpha value is -0.340. The number of fused-ring (bicyclic) bond motifs is 1. The molecule has 1 aromatic heterocycles. The van der Waals surface area contributed by atoms with Gasteiger partial charge in [0, 0.05) is 9.60 Å². The number of thiophene rings is 1. The molecule has 2 rings (SSSR count). The number of rotatable bonds is 1. The molecule has 0 fully saturated rings. The fraction of sp³-hybridized carbons (Fsp3) is 0. The van der Waals surface area contributed by atoms with Gasteiger partial charge in [0.15, 0.2) is 0 Å². The van der Waals surface area contributed by atoms with Crippen molar-refractivity contribution in [2.75, 3.05) is 0 Å². The van der Waals surface area contributed by atoms with Gasteiger partial charge in [-0.1, -0.05) is 0 Å². The van der Waals surface area contributed by atoms with Gasteiger partial charge < -0.3 is 0 Å². The molecular formula is C8H4INO2S2. The smallest absolute Gasteiger partial charge is 0.258 e. The van der Waals surface area contributed by atoms with E-state index in [1.54, 1.807) is 6.07 Å². The Morgan fingerprint density at radius 3 is 2.86 bits per heavy atom. The number of nitrogens with zero attached hydrogens (tertiary/aromatic N) is 1. The van der Waals surface area contributed by atoms with Gasteiger partial charge in [0.2, 0.25) is 0 Å². The topological polar surface area (TPSA) is 43.1 Å². The van der Waals surface area contributed by atoms with Crippen molar-refractivity contribution >= 4 is 62.3 Å². The zero-order valence-corrected chi connectivity index (χ0v) is 10.6. The summed E-state index contributed by atoms with van der Waals surface area (Å²) in [5, 5.41) is 11.5. The van der Waals surface area contributed by atoms with Crippen LogP contribution in [0.25, 0.3) is 10.1 Å². The molecule has 0 unspecified atom stereocenters. The van der Waals surface area contributed by atoms with E-state index in [1.807, 2.05) is 34.7 Å². The van der Waals surface area contributed by atoms with Crippen LogP contribution in [-0.4, -0.2) is 4.92 Å². The second-order valence-corrected chi connectivity index (χ2v) is 6.04. The van der Waals surface area contributed by atoms with Gasteiger partial charge in [-0.3, -0.25) is 10.1 Å². The van der Waals surface area contributed by atoms with E-state index in [9.17, 15) is 10.1 Å². The molecule has 0 saturated carbocycles. The highest BCUT2D eigenvalue weighted by Gasteiger charge is 2.20. The van der Waals surface area contributed by atoms with Gasteiger partial charge in [0.1, 0.15) is 2.88 Å². The van der Waals surface area contributed by atoms with Crippen LogP contribution in [0.4, 0.5) is 5.69 Å². The maximum atomic E-state index is 10.8. The fourth-order valence-corrected chi connectivity index (χ4v) is 3.49. The minimum absolute atomic E-state index is 0.196. The van der Waals surface area contributed by atoms with E-state index in [0.29, 0.717) is 8.27 Å². The Morgan fingerprint density at radius 1 is 1.50 bits per heavy atom. The molecule has 0 saturated heterocycles. The largest absolute Gasteiger partial charge is 0.301 e. The quantitative estimate of drug-likeness (QED) is 0.373. The maximum Gasteiger partial charge on any atom is 0.301 e. The van der Waals surface area contributed by atoms with Crippen LogP contribution in [0, 0.1) is 13.0 Å². The molecule has 0 spiro atoms. The first-order chi connectivity index (χ1) is 6.59. The van der Waals surface area contributed by atoms with Crippen LogP contribution in [0.15, 0.2) is 23.1 Å². The van der Waals surface area contributed by atoms with Gasteiger partial charge in [0.25, 0.3) is 0 Å². The second kappa shape index (κ2) is 3.67. The van der Waals surface area contributed by atoms with Crippen molar-refractivity contribution in [2.45, 2.75) is 4.90 Å². The van der Waals surface area contributed by atoms with Crippen LogP contribution in [0.1, 0.15) is 0 Å². The summed E-state index contributed by atoms with van der Waals surface area (Å²) in [6.07, 6.45) is 0. The third-order valence-electron chi connectivity index (χ3n) is 1.79. The summed E-state index contributed by atoms with van der Waals surface area (Å²) in [4.78, 5) is 11.2. The Kier molecular flexibility index (Phi) is 2.67. The fourth-order valence-electron chi connectivity index (χ4n) is 1.21. The summed E-state index contributed by atoms with van der Waals surface area (Å²) >= 11 is 7.58. The minimum atomic E-state index is -0.339. The normalized spacial score (nSPS) is 10.7. The first kappa shape index (κ1) is 10.2. The van der Waals surface area contributed by atoms with Crippen LogP contribution in [0.5, 0.6) is 0 Å². The van der Waals surface area contributed by atoms with Crippen LogP contribution in [0.3, 0.4) is 0 Å². The highest BCUT2D eigenvalue weighted by Crippen LogP contribution is 2.38. The second-order valence-electron chi connectivity index (χ2n) is 2.66. The monoisotopic (exact) mass is 337 g/mol. The molecule has 0 aliphatic heterocycles. The van der Waals surface area contributed by atoms with E-state index in [1.165, 1.54) is 11.3 Å². The van der Waals surface area contributed by atoms with Gasteiger partial charge in [-0.05, 0) is 40.8 Å². The van der Waals surface area contributed by atoms with Crippen molar-refractivity contribution in [3.8, 4) is 0 Å². The molecule has 1 aromatic carbocycles. The van der Waals surface area contributed by atoms with Crippen LogP contribution >= 0.6 is 46.6 Å². The summed E-state index contributed by atoms with van der Waals surface area (Å²) < 4.78 is 1.64. The van der Waals surface area contributed by atoms with Crippen LogP contribution in [-0.2, 0) is 0 Å². The minimum Gasteiger partial charge on any atom is -0.258 e. The van der Waals surface area contributed by atoms with Gasteiger partial charge in [0.05, 0.1) is 10.3 Å². The molecule has 0 N–H and O–H groups in total. The average Bonchev–Trinajstić information content (AvgIpc) is 2.40. The molecule has 72 valence electrons. The van der Waals surface area contributed by atoms with Crippen LogP contribution in [0.2, 0.25) is 0 Å². The molecule has 3 nitrogen and oxygen atoms in total. The summed E-state index contributed by atoms with van der Waals surface area (Å²) in [6.45, 7) is 0. The molecule has 0 radical (unpaired) electrons. The summed E-state index contributed by atoms with van der Waals surface area (Å²) in [5.41, 5.74) is 0.196. The SMILES string of the molecule is O=[N+]([O-])c1c(I)sc2ccc(S)cc12. The lowest BCUT2D eigenvalue weighted by Crippen LogP contribution is -1.87. The van der Waals surface area contributed by atoms with Gasteiger partial charge >= 0.3 is 5.69 Å². The first-order valence-corrected chi connectivity index (χ1v) is 5.99. The molecule has 2 aromatic rings. The van der Waals surface area contributed by atoms with E-state index in [-0.39, 0.29) is 10.6 Å². The Labute approximate surface area is 103 Å². The molecule has 0 aliphatic rings. The highest BCUT2D eigenvalue weighted by atomic mass is 127. The van der Waals surface area contributed by atoms with Crippen molar-refractivity contribution in [1.82, 2.24) is 0 Å². The van der Waals surface area contributed by atoms with Crippen molar-refractivity contribution in [1.29, 1.82) is 0 Å². The molecular weight excluding hydrogens is 333 g/mol. The van der Waals surface area contributed by atoms with Crippen molar-refractivity contribution in [3.63, 3.8) is 0 Å². The standard InChI is InChI=1S/C8H4INO2S2/c9-8-7(10(11)12)5-3-4(13)1-2-6(5)14-8/h1-3,13H.